The van der Waals surface area contributed by atoms with Crippen LogP contribution in [0.25, 0.3) is 0 Å². The number of benzene rings is 1. The molecule has 1 aromatic carbocycles. The van der Waals surface area contributed by atoms with Gasteiger partial charge in [0.2, 0.25) is 0 Å². The number of hydrogen-bond acceptors (Lipinski definition) is 4. The molecule has 0 aliphatic heterocycles. The number of hydrogen-bond donors (Lipinski definition) is 2. The molecule has 0 heterocycles. The molecule has 2 rings (SSSR count). The zero-order valence-electron chi connectivity index (χ0n) is 12.1. The van der Waals surface area contributed by atoms with Crippen LogP contribution in [0.5, 0.6) is 0 Å². The molecule has 0 aromatic heterocycles. The van der Waals surface area contributed by atoms with Crippen molar-refractivity contribution in [1.82, 2.24) is 0 Å². The van der Waals surface area contributed by atoms with E-state index in [-0.39, 0.29) is 11.3 Å². The lowest BCUT2D eigenvalue weighted by molar-refractivity contribution is -0.385. The fraction of sp³-hybridized carbons (Fsp3) is 0.533. The molecule has 1 aliphatic carbocycles. The average Bonchev–Trinajstić information content (AvgIpc) is 2.46. The molecule has 0 spiro atoms. The second kappa shape index (κ2) is 6.56. The van der Waals surface area contributed by atoms with Gasteiger partial charge in [0.15, 0.2) is 0 Å². The van der Waals surface area contributed by atoms with Crippen molar-refractivity contribution in [1.29, 1.82) is 0 Å². The van der Waals surface area contributed by atoms with Gasteiger partial charge in [-0.25, -0.2) is 4.79 Å². The van der Waals surface area contributed by atoms with E-state index in [4.69, 9.17) is 5.11 Å². The van der Waals surface area contributed by atoms with Gasteiger partial charge in [0.1, 0.15) is 0 Å². The van der Waals surface area contributed by atoms with Crippen LogP contribution in [0.4, 0.5) is 11.4 Å². The van der Waals surface area contributed by atoms with E-state index in [1.54, 1.807) is 6.92 Å². The Morgan fingerprint density at radius 1 is 1.38 bits per heavy atom. The van der Waals surface area contributed by atoms with Crippen molar-refractivity contribution in [2.24, 2.45) is 5.92 Å². The van der Waals surface area contributed by atoms with Crippen LogP contribution in [-0.2, 0) is 0 Å². The average molecular weight is 292 g/mol. The molecular weight excluding hydrogens is 272 g/mol. The Bertz CT molecular complexity index is 551. The van der Waals surface area contributed by atoms with Crippen molar-refractivity contribution in [3.05, 3.63) is 33.4 Å². The van der Waals surface area contributed by atoms with Crippen molar-refractivity contribution in [2.75, 3.05) is 11.9 Å². The van der Waals surface area contributed by atoms with Gasteiger partial charge >= 0.3 is 5.97 Å². The molecule has 0 bridgehead atoms. The molecule has 1 aromatic rings. The number of nitrogens with zero attached hydrogens (tertiary/aromatic N) is 1. The van der Waals surface area contributed by atoms with Crippen LogP contribution >= 0.6 is 0 Å². The molecule has 6 nitrogen and oxygen atoms in total. The van der Waals surface area contributed by atoms with Crippen LogP contribution in [0.3, 0.4) is 0 Å². The molecule has 21 heavy (non-hydrogen) atoms. The first-order valence-corrected chi connectivity index (χ1v) is 7.25. The first-order chi connectivity index (χ1) is 9.99. The molecular formula is C15H20N2O4. The van der Waals surface area contributed by atoms with Crippen molar-refractivity contribution in [2.45, 2.75) is 39.0 Å². The van der Waals surface area contributed by atoms with Gasteiger partial charge in [-0.1, -0.05) is 19.3 Å². The van der Waals surface area contributed by atoms with Crippen molar-refractivity contribution < 1.29 is 14.8 Å². The molecule has 1 fully saturated rings. The zero-order chi connectivity index (χ0) is 15.4. The molecule has 2 N–H and O–H groups in total. The highest BCUT2D eigenvalue weighted by molar-refractivity contribution is 5.90. The van der Waals surface area contributed by atoms with E-state index in [0.29, 0.717) is 17.2 Å². The van der Waals surface area contributed by atoms with Gasteiger partial charge in [-0.2, -0.15) is 0 Å². The van der Waals surface area contributed by atoms with Gasteiger partial charge in [0.25, 0.3) is 5.69 Å². The van der Waals surface area contributed by atoms with Crippen LogP contribution in [0.2, 0.25) is 0 Å². The highest BCUT2D eigenvalue weighted by Crippen LogP contribution is 2.29. The zero-order valence-corrected chi connectivity index (χ0v) is 12.1. The number of carbonyl (C=O) groups is 1. The van der Waals surface area contributed by atoms with Gasteiger partial charge in [0, 0.05) is 23.9 Å². The van der Waals surface area contributed by atoms with Crippen LogP contribution in [-0.4, -0.2) is 22.5 Å². The number of carboxylic acid groups (broad SMARTS) is 1. The lowest BCUT2D eigenvalue weighted by Crippen LogP contribution is -2.18. The monoisotopic (exact) mass is 292 g/mol. The molecule has 6 heteroatoms. The smallest absolute Gasteiger partial charge is 0.336 e. The van der Waals surface area contributed by atoms with Gasteiger partial charge in [-0.3, -0.25) is 10.1 Å². The van der Waals surface area contributed by atoms with Crippen LogP contribution in [0, 0.1) is 23.0 Å². The van der Waals surface area contributed by atoms with Gasteiger partial charge in [-0.15, -0.1) is 0 Å². The molecule has 0 unspecified atom stereocenters. The van der Waals surface area contributed by atoms with Gasteiger partial charge in [-0.05, 0) is 31.7 Å². The maximum absolute atomic E-state index is 11.1. The number of nitrogens with one attached hydrogen (secondary N) is 1. The number of carboxylic acids is 1. The Morgan fingerprint density at radius 2 is 2.05 bits per heavy atom. The lowest BCUT2D eigenvalue weighted by Gasteiger charge is -2.22. The first-order valence-electron chi connectivity index (χ1n) is 7.25. The molecule has 0 radical (unpaired) electrons. The number of anilines is 1. The summed E-state index contributed by atoms with van der Waals surface area (Å²) < 4.78 is 0. The molecule has 1 saturated carbocycles. The minimum absolute atomic E-state index is 0.0570. The fourth-order valence-corrected chi connectivity index (χ4v) is 2.84. The van der Waals surface area contributed by atoms with Crippen molar-refractivity contribution in [3.8, 4) is 0 Å². The predicted molar refractivity (Wildman–Crippen MR) is 79.9 cm³/mol. The molecule has 1 aliphatic rings. The quantitative estimate of drug-likeness (QED) is 0.639. The van der Waals surface area contributed by atoms with E-state index in [9.17, 15) is 14.9 Å². The van der Waals surface area contributed by atoms with Crippen molar-refractivity contribution in [3.63, 3.8) is 0 Å². The Morgan fingerprint density at radius 3 is 2.62 bits per heavy atom. The lowest BCUT2D eigenvalue weighted by atomic mass is 9.89. The third-order valence-corrected chi connectivity index (χ3v) is 4.13. The summed E-state index contributed by atoms with van der Waals surface area (Å²) in [5, 5.41) is 23.3. The Balaban J connectivity index is 2.20. The normalized spacial score (nSPS) is 15.7. The third-order valence-electron chi connectivity index (χ3n) is 4.13. The highest BCUT2D eigenvalue weighted by atomic mass is 16.6. The van der Waals surface area contributed by atoms with Crippen LogP contribution in [0.1, 0.15) is 48.0 Å². The molecule has 0 amide bonds. The van der Waals surface area contributed by atoms with Gasteiger partial charge < -0.3 is 10.4 Å². The summed E-state index contributed by atoms with van der Waals surface area (Å²) in [5.74, 6) is -0.593. The minimum atomic E-state index is -1.15. The standard InChI is InChI=1S/C15H20N2O4/c1-10-13(16-9-11-5-3-2-4-6-11)7-12(15(18)19)8-14(10)17(20)21/h7-8,11,16H,2-6,9H2,1H3,(H,18,19). The summed E-state index contributed by atoms with van der Waals surface area (Å²) in [4.78, 5) is 21.6. The summed E-state index contributed by atoms with van der Waals surface area (Å²) in [6, 6.07) is 2.59. The Labute approximate surface area is 123 Å². The topological polar surface area (TPSA) is 92.5 Å². The van der Waals surface area contributed by atoms with Crippen LogP contribution < -0.4 is 5.32 Å². The largest absolute Gasteiger partial charge is 0.478 e. The maximum atomic E-state index is 11.1. The van der Waals surface area contributed by atoms with E-state index < -0.39 is 10.9 Å². The van der Waals surface area contributed by atoms with Crippen LogP contribution in [0.15, 0.2) is 12.1 Å². The molecule has 114 valence electrons. The SMILES string of the molecule is Cc1c(NCC2CCCCC2)cc(C(=O)O)cc1[N+](=O)[O-]. The number of nitro benzene ring substituents is 1. The maximum Gasteiger partial charge on any atom is 0.336 e. The van der Waals surface area contributed by atoms with Crippen molar-refractivity contribution >= 4 is 17.3 Å². The Hall–Kier alpha value is -2.11. The van der Waals surface area contributed by atoms with Gasteiger partial charge in [0.05, 0.1) is 10.5 Å². The summed E-state index contributed by atoms with van der Waals surface area (Å²) >= 11 is 0. The van der Waals surface area contributed by atoms with E-state index in [1.165, 1.54) is 25.3 Å². The second-order valence-electron chi connectivity index (χ2n) is 5.62. The first kappa shape index (κ1) is 15.3. The third kappa shape index (κ3) is 3.71. The van der Waals surface area contributed by atoms with E-state index in [1.807, 2.05) is 0 Å². The molecule has 0 saturated heterocycles. The second-order valence-corrected chi connectivity index (χ2v) is 5.62. The summed E-state index contributed by atoms with van der Waals surface area (Å²) in [7, 11) is 0. The van der Waals surface area contributed by atoms with E-state index in [0.717, 1.165) is 25.5 Å². The fourth-order valence-electron chi connectivity index (χ4n) is 2.84. The summed E-state index contributed by atoms with van der Waals surface area (Å²) in [6.07, 6.45) is 6.04. The minimum Gasteiger partial charge on any atom is -0.478 e. The summed E-state index contributed by atoms with van der Waals surface area (Å²) in [5.41, 5.74) is 0.826. The number of aromatic carboxylic acids is 1. The Kier molecular flexibility index (Phi) is 4.77. The molecule has 0 atom stereocenters. The number of rotatable bonds is 5. The van der Waals surface area contributed by atoms with E-state index in [2.05, 4.69) is 5.32 Å². The highest BCUT2D eigenvalue weighted by Gasteiger charge is 2.20. The van der Waals surface area contributed by atoms with E-state index >= 15 is 0 Å². The number of nitro groups is 1. The predicted octanol–water partition coefficient (Wildman–Crippen LogP) is 3.59. The summed E-state index contributed by atoms with van der Waals surface area (Å²) in [6.45, 7) is 2.38.